The number of amides is 1. The fourth-order valence-electron chi connectivity index (χ4n) is 1.52. The average molecular weight is 190 g/mol. The first-order chi connectivity index (χ1) is 6.48. The van der Waals surface area contributed by atoms with E-state index in [1.165, 1.54) is 0 Å². The van der Waals surface area contributed by atoms with Crippen LogP contribution in [0.5, 0.6) is 0 Å². The Hall–Kier alpha value is -1.38. The van der Waals surface area contributed by atoms with E-state index in [0.717, 1.165) is 17.0 Å². The molecule has 0 atom stereocenters. The van der Waals surface area contributed by atoms with E-state index in [4.69, 9.17) is 0 Å². The zero-order valence-electron chi connectivity index (χ0n) is 8.72. The van der Waals surface area contributed by atoms with E-state index < -0.39 is 0 Å². The highest BCUT2D eigenvalue weighted by atomic mass is 16.1. The number of pyridine rings is 1. The van der Waals surface area contributed by atoms with Crippen molar-refractivity contribution in [3.8, 4) is 0 Å². The number of hydrogen-bond donors (Lipinski definition) is 1. The van der Waals surface area contributed by atoms with Gasteiger partial charge in [-0.05, 0) is 12.1 Å². The quantitative estimate of drug-likeness (QED) is 0.675. The van der Waals surface area contributed by atoms with Crippen molar-refractivity contribution >= 4 is 5.91 Å². The van der Waals surface area contributed by atoms with Crippen LogP contribution in [0, 0.1) is 0 Å². The maximum atomic E-state index is 11.3. The standard InChI is InChI=1S/C11H14N2O/c1-11(2,3)9-5-4-7-8(13-9)6-12-10(7)14/h4-5H,6H2,1-3H3,(H,12,14). The Kier molecular flexibility index (Phi) is 1.84. The Balaban J connectivity index is 2.47. The van der Waals surface area contributed by atoms with E-state index in [-0.39, 0.29) is 11.3 Å². The molecule has 0 spiro atoms. The Morgan fingerprint density at radius 1 is 1.36 bits per heavy atom. The summed E-state index contributed by atoms with van der Waals surface area (Å²) in [5.74, 6) is -0.00652. The van der Waals surface area contributed by atoms with Gasteiger partial charge in [-0.15, -0.1) is 0 Å². The maximum Gasteiger partial charge on any atom is 0.253 e. The summed E-state index contributed by atoms with van der Waals surface area (Å²) < 4.78 is 0. The van der Waals surface area contributed by atoms with Crippen LogP contribution >= 0.6 is 0 Å². The molecule has 0 aromatic carbocycles. The number of fused-ring (bicyclic) bond motifs is 1. The molecule has 0 saturated heterocycles. The highest BCUT2D eigenvalue weighted by Crippen LogP contribution is 2.23. The van der Waals surface area contributed by atoms with E-state index in [0.29, 0.717) is 6.54 Å². The molecule has 0 fully saturated rings. The largest absolute Gasteiger partial charge is 0.346 e. The minimum Gasteiger partial charge on any atom is -0.346 e. The Labute approximate surface area is 83.5 Å². The van der Waals surface area contributed by atoms with Gasteiger partial charge in [0.2, 0.25) is 0 Å². The van der Waals surface area contributed by atoms with Crippen molar-refractivity contribution in [3.63, 3.8) is 0 Å². The van der Waals surface area contributed by atoms with Crippen LogP contribution in [0.4, 0.5) is 0 Å². The normalized spacial score (nSPS) is 15.2. The number of rotatable bonds is 0. The molecular weight excluding hydrogens is 176 g/mol. The molecule has 74 valence electrons. The molecule has 1 N–H and O–H groups in total. The molecule has 14 heavy (non-hydrogen) atoms. The molecule has 0 unspecified atom stereocenters. The molecule has 1 aliphatic heterocycles. The molecule has 1 aromatic heterocycles. The first-order valence-corrected chi connectivity index (χ1v) is 4.77. The fraction of sp³-hybridized carbons (Fsp3) is 0.455. The van der Waals surface area contributed by atoms with Crippen LogP contribution in [0.2, 0.25) is 0 Å². The van der Waals surface area contributed by atoms with Crippen molar-refractivity contribution in [2.24, 2.45) is 0 Å². The number of aromatic nitrogens is 1. The van der Waals surface area contributed by atoms with Crippen LogP contribution in [0.1, 0.15) is 42.5 Å². The molecule has 2 heterocycles. The number of nitrogens with zero attached hydrogens (tertiary/aromatic N) is 1. The molecule has 0 saturated carbocycles. The van der Waals surface area contributed by atoms with Gasteiger partial charge in [0.25, 0.3) is 5.91 Å². The van der Waals surface area contributed by atoms with Gasteiger partial charge in [-0.2, -0.15) is 0 Å². The first kappa shape index (κ1) is 9.19. The van der Waals surface area contributed by atoms with Gasteiger partial charge in [0.1, 0.15) is 0 Å². The van der Waals surface area contributed by atoms with Gasteiger partial charge in [0.15, 0.2) is 0 Å². The van der Waals surface area contributed by atoms with Crippen LogP contribution < -0.4 is 5.32 Å². The minimum atomic E-state index is -0.00652. The van der Waals surface area contributed by atoms with Crippen molar-refractivity contribution in [2.75, 3.05) is 0 Å². The summed E-state index contributed by atoms with van der Waals surface area (Å²) in [4.78, 5) is 15.8. The summed E-state index contributed by atoms with van der Waals surface area (Å²) in [5, 5.41) is 2.76. The van der Waals surface area contributed by atoms with Crippen molar-refractivity contribution in [2.45, 2.75) is 32.7 Å². The van der Waals surface area contributed by atoms with E-state index in [9.17, 15) is 4.79 Å². The number of carbonyl (C=O) groups excluding carboxylic acids is 1. The van der Waals surface area contributed by atoms with E-state index in [2.05, 4.69) is 31.1 Å². The number of carbonyl (C=O) groups is 1. The summed E-state index contributed by atoms with van der Waals surface area (Å²) in [6, 6.07) is 3.80. The summed E-state index contributed by atoms with van der Waals surface area (Å²) >= 11 is 0. The molecule has 1 aromatic rings. The predicted molar refractivity (Wildman–Crippen MR) is 54.1 cm³/mol. The van der Waals surface area contributed by atoms with Gasteiger partial charge in [-0.1, -0.05) is 20.8 Å². The smallest absolute Gasteiger partial charge is 0.253 e. The predicted octanol–water partition coefficient (Wildman–Crippen LogP) is 1.62. The Bertz CT molecular complexity index is 391. The summed E-state index contributed by atoms with van der Waals surface area (Å²) in [7, 11) is 0. The molecule has 0 bridgehead atoms. The summed E-state index contributed by atoms with van der Waals surface area (Å²) in [6.07, 6.45) is 0. The van der Waals surface area contributed by atoms with Crippen LogP contribution in [-0.4, -0.2) is 10.9 Å². The van der Waals surface area contributed by atoms with Gasteiger partial charge in [-0.25, -0.2) is 0 Å². The molecule has 3 nitrogen and oxygen atoms in total. The minimum absolute atomic E-state index is 0.00652. The highest BCUT2D eigenvalue weighted by Gasteiger charge is 2.23. The zero-order chi connectivity index (χ0) is 10.3. The fourth-order valence-corrected chi connectivity index (χ4v) is 1.52. The van der Waals surface area contributed by atoms with Gasteiger partial charge in [-0.3, -0.25) is 9.78 Å². The third-order valence-corrected chi connectivity index (χ3v) is 2.40. The summed E-state index contributed by atoms with van der Waals surface area (Å²) in [6.45, 7) is 6.92. The number of nitrogens with one attached hydrogen (secondary N) is 1. The molecule has 1 aliphatic rings. The Morgan fingerprint density at radius 3 is 2.71 bits per heavy atom. The molecule has 3 heteroatoms. The maximum absolute atomic E-state index is 11.3. The molecular formula is C11H14N2O. The molecule has 0 aliphatic carbocycles. The number of hydrogen-bond acceptors (Lipinski definition) is 2. The van der Waals surface area contributed by atoms with Crippen LogP contribution in [0.3, 0.4) is 0 Å². The lowest BCUT2D eigenvalue weighted by Gasteiger charge is -2.17. The second-order valence-corrected chi connectivity index (χ2v) is 4.62. The third-order valence-electron chi connectivity index (χ3n) is 2.40. The van der Waals surface area contributed by atoms with E-state index in [1.807, 2.05) is 12.1 Å². The van der Waals surface area contributed by atoms with Crippen LogP contribution in [-0.2, 0) is 12.0 Å². The zero-order valence-corrected chi connectivity index (χ0v) is 8.72. The van der Waals surface area contributed by atoms with Gasteiger partial charge < -0.3 is 5.32 Å². The molecule has 2 rings (SSSR count). The van der Waals surface area contributed by atoms with Crippen molar-refractivity contribution in [1.29, 1.82) is 0 Å². The van der Waals surface area contributed by atoms with Gasteiger partial charge in [0, 0.05) is 11.1 Å². The second-order valence-electron chi connectivity index (χ2n) is 4.62. The SMILES string of the molecule is CC(C)(C)c1ccc2c(n1)CNC2=O. The van der Waals surface area contributed by atoms with Crippen molar-refractivity contribution < 1.29 is 4.79 Å². The third kappa shape index (κ3) is 1.39. The van der Waals surface area contributed by atoms with Crippen LogP contribution in [0.25, 0.3) is 0 Å². The first-order valence-electron chi connectivity index (χ1n) is 4.77. The van der Waals surface area contributed by atoms with Gasteiger partial charge in [0.05, 0.1) is 17.8 Å². The van der Waals surface area contributed by atoms with E-state index >= 15 is 0 Å². The van der Waals surface area contributed by atoms with Crippen molar-refractivity contribution in [1.82, 2.24) is 10.3 Å². The lowest BCUT2D eigenvalue weighted by Crippen LogP contribution is -2.14. The molecule has 0 radical (unpaired) electrons. The Morgan fingerprint density at radius 2 is 2.07 bits per heavy atom. The monoisotopic (exact) mass is 190 g/mol. The lowest BCUT2D eigenvalue weighted by atomic mass is 9.91. The topological polar surface area (TPSA) is 42.0 Å². The van der Waals surface area contributed by atoms with Crippen molar-refractivity contribution in [3.05, 3.63) is 29.1 Å². The van der Waals surface area contributed by atoms with Crippen LogP contribution in [0.15, 0.2) is 12.1 Å². The van der Waals surface area contributed by atoms with Gasteiger partial charge >= 0.3 is 0 Å². The average Bonchev–Trinajstić information content (AvgIpc) is 2.46. The lowest BCUT2D eigenvalue weighted by molar-refractivity contribution is 0.0966. The summed E-state index contributed by atoms with van der Waals surface area (Å²) in [5.41, 5.74) is 2.67. The highest BCUT2D eigenvalue weighted by molar-refractivity contribution is 5.97. The molecule has 1 amide bonds. The van der Waals surface area contributed by atoms with E-state index in [1.54, 1.807) is 0 Å². The second kappa shape index (κ2) is 2.80.